The smallest absolute Gasteiger partial charge is 0.0541 e. The van der Waals surface area contributed by atoms with E-state index in [4.69, 9.17) is 11.6 Å². The van der Waals surface area contributed by atoms with Gasteiger partial charge in [-0.1, -0.05) is 29.8 Å². The van der Waals surface area contributed by atoms with E-state index in [2.05, 4.69) is 35.8 Å². The average molecular weight is 298 g/mol. The molecule has 4 heteroatoms. The van der Waals surface area contributed by atoms with Gasteiger partial charge in [-0.15, -0.1) is 23.1 Å². The van der Waals surface area contributed by atoms with Crippen LogP contribution in [-0.2, 0) is 0 Å². The van der Waals surface area contributed by atoms with E-state index in [9.17, 15) is 0 Å². The second kappa shape index (κ2) is 7.19. The number of hydrogen-bond acceptors (Lipinski definition) is 3. The zero-order chi connectivity index (χ0) is 12.8. The van der Waals surface area contributed by atoms with Crippen LogP contribution in [0, 0.1) is 0 Å². The summed E-state index contributed by atoms with van der Waals surface area (Å²) in [6.45, 7) is 3.18. The van der Waals surface area contributed by atoms with Crippen LogP contribution in [0.25, 0.3) is 0 Å². The summed E-state index contributed by atoms with van der Waals surface area (Å²) < 4.78 is 0. The number of nitrogens with one attached hydrogen (secondary N) is 1. The van der Waals surface area contributed by atoms with Gasteiger partial charge in [-0.05, 0) is 30.5 Å². The van der Waals surface area contributed by atoms with Gasteiger partial charge in [0.1, 0.15) is 0 Å². The van der Waals surface area contributed by atoms with Crippen LogP contribution in [0.2, 0.25) is 5.02 Å². The average Bonchev–Trinajstić information content (AvgIpc) is 2.90. The summed E-state index contributed by atoms with van der Waals surface area (Å²) in [7, 11) is 0. The van der Waals surface area contributed by atoms with Gasteiger partial charge in [0.05, 0.1) is 5.02 Å². The van der Waals surface area contributed by atoms with Gasteiger partial charge in [-0.25, -0.2) is 0 Å². The van der Waals surface area contributed by atoms with E-state index in [0.29, 0.717) is 6.04 Å². The summed E-state index contributed by atoms with van der Waals surface area (Å²) in [5.41, 5.74) is 0. The van der Waals surface area contributed by atoms with Crippen molar-refractivity contribution in [3.8, 4) is 0 Å². The van der Waals surface area contributed by atoms with Crippen LogP contribution >= 0.6 is 34.7 Å². The van der Waals surface area contributed by atoms with Crippen molar-refractivity contribution in [3.05, 3.63) is 51.7 Å². The highest BCUT2D eigenvalue weighted by molar-refractivity contribution is 7.99. The van der Waals surface area contributed by atoms with Gasteiger partial charge in [0.2, 0.25) is 0 Å². The Morgan fingerprint density at radius 2 is 2.11 bits per heavy atom. The molecule has 0 aliphatic carbocycles. The molecule has 1 heterocycles. The molecule has 96 valence electrons. The maximum Gasteiger partial charge on any atom is 0.0541 e. The van der Waals surface area contributed by atoms with Crippen molar-refractivity contribution in [1.82, 2.24) is 5.32 Å². The number of hydrogen-bond donors (Lipinski definition) is 1. The minimum atomic E-state index is 0.428. The fourth-order valence-electron chi connectivity index (χ4n) is 1.64. The van der Waals surface area contributed by atoms with Crippen LogP contribution in [-0.4, -0.2) is 12.3 Å². The highest BCUT2D eigenvalue weighted by atomic mass is 35.5. The predicted molar refractivity (Wildman–Crippen MR) is 82.9 cm³/mol. The minimum Gasteiger partial charge on any atom is -0.309 e. The van der Waals surface area contributed by atoms with E-state index in [1.807, 2.05) is 18.2 Å². The van der Waals surface area contributed by atoms with Gasteiger partial charge >= 0.3 is 0 Å². The van der Waals surface area contributed by atoms with Crippen LogP contribution in [0.1, 0.15) is 17.8 Å². The first-order chi connectivity index (χ1) is 8.77. The lowest BCUT2D eigenvalue weighted by molar-refractivity contribution is 0.610. The third-order valence-electron chi connectivity index (χ3n) is 2.62. The molecule has 1 unspecified atom stereocenters. The lowest BCUT2D eigenvalue weighted by Gasteiger charge is -2.11. The summed E-state index contributed by atoms with van der Waals surface area (Å²) in [5, 5.41) is 6.48. The molecule has 1 nitrogen and oxygen atoms in total. The fraction of sp³-hybridized carbons (Fsp3) is 0.286. The van der Waals surface area contributed by atoms with Gasteiger partial charge in [0, 0.05) is 28.1 Å². The zero-order valence-corrected chi connectivity index (χ0v) is 12.6. The Morgan fingerprint density at radius 3 is 2.83 bits per heavy atom. The molecule has 0 amide bonds. The Kier molecular flexibility index (Phi) is 5.57. The summed E-state index contributed by atoms with van der Waals surface area (Å²) in [6, 6.07) is 12.7. The maximum atomic E-state index is 6.11. The van der Waals surface area contributed by atoms with Crippen LogP contribution in [0.5, 0.6) is 0 Å². The molecule has 1 atom stereocenters. The van der Waals surface area contributed by atoms with E-state index in [1.54, 1.807) is 23.1 Å². The van der Waals surface area contributed by atoms with Crippen LogP contribution in [0.4, 0.5) is 0 Å². The van der Waals surface area contributed by atoms with Gasteiger partial charge in [0.15, 0.2) is 0 Å². The SMILES string of the molecule is CC(NCCSc1ccccc1Cl)c1cccs1. The van der Waals surface area contributed by atoms with E-state index >= 15 is 0 Å². The second-order valence-corrected chi connectivity index (χ2v) is 6.49. The minimum absolute atomic E-state index is 0.428. The molecular formula is C14H16ClNS2. The predicted octanol–water partition coefficient (Wildman–Crippen LogP) is 4.84. The largest absolute Gasteiger partial charge is 0.309 e. The van der Waals surface area contributed by atoms with Gasteiger partial charge in [-0.2, -0.15) is 0 Å². The molecule has 2 aromatic rings. The molecule has 1 aromatic carbocycles. The lowest BCUT2D eigenvalue weighted by atomic mass is 10.3. The zero-order valence-electron chi connectivity index (χ0n) is 10.2. The first kappa shape index (κ1) is 13.9. The van der Waals surface area contributed by atoms with Crippen molar-refractivity contribution in [2.24, 2.45) is 0 Å². The number of halogens is 1. The van der Waals surface area contributed by atoms with Crippen LogP contribution in [0.3, 0.4) is 0 Å². The van der Waals surface area contributed by atoms with Crippen LogP contribution < -0.4 is 5.32 Å². The topological polar surface area (TPSA) is 12.0 Å². The van der Waals surface area contributed by atoms with Gasteiger partial charge < -0.3 is 5.32 Å². The Labute approximate surface area is 122 Å². The Bertz CT molecular complexity index is 470. The summed E-state index contributed by atoms with van der Waals surface area (Å²) in [5.74, 6) is 1.03. The summed E-state index contributed by atoms with van der Waals surface area (Å²) in [4.78, 5) is 2.54. The van der Waals surface area contributed by atoms with Gasteiger partial charge in [-0.3, -0.25) is 0 Å². The standard InChI is InChI=1S/C14H16ClNS2/c1-11(13-7-4-9-17-13)16-8-10-18-14-6-3-2-5-12(14)15/h2-7,9,11,16H,8,10H2,1H3. The van der Waals surface area contributed by atoms with Gasteiger partial charge in [0.25, 0.3) is 0 Å². The molecule has 0 bridgehead atoms. The molecule has 1 N–H and O–H groups in total. The Hall–Kier alpha value is -0.480. The van der Waals surface area contributed by atoms with Crippen molar-refractivity contribution in [1.29, 1.82) is 0 Å². The molecule has 0 fully saturated rings. The molecule has 0 aliphatic rings. The normalized spacial score (nSPS) is 12.6. The van der Waals surface area contributed by atoms with Crippen molar-refractivity contribution in [3.63, 3.8) is 0 Å². The molecule has 18 heavy (non-hydrogen) atoms. The third kappa shape index (κ3) is 4.02. The highest BCUT2D eigenvalue weighted by Gasteiger charge is 2.05. The second-order valence-electron chi connectivity index (χ2n) is 3.97. The van der Waals surface area contributed by atoms with E-state index in [1.165, 1.54) is 4.88 Å². The lowest BCUT2D eigenvalue weighted by Crippen LogP contribution is -2.20. The molecule has 0 aliphatic heterocycles. The van der Waals surface area contributed by atoms with Crippen molar-refractivity contribution in [2.45, 2.75) is 17.9 Å². The fourth-order valence-corrected chi connectivity index (χ4v) is 3.52. The number of thioether (sulfide) groups is 1. The molecule has 0 spiro atoms. The Morgan fingerprint density at radius 1 is 1.28 bits per heavy atom. The Balaban J connectivity index is 1.72. The van der Waals surface area contributed by atoms with Crippen molar-refractivity contribution >= 4 is 34.7 Å². The number of benzene rings is 1. The first-order valence-electron chi connectivity index (χ1n) is 5.91. The number of rotatable bonds is 6. The summed E-state index contributed by atoms with van der Waals surface area (Å²) >= 11 is 9.70. The van der Waals surface area contributed by atoms with Crippen molar-refractivity contribution < 1.29 is 0 Å². The van der Waals surface area contributed by atoms with Crippen molar-refractivity contribution in [2.75, 3.05) is 12.3 Å². The monoisotopic (exact) mass is 297 g/mol. The number of thiophene rings is 1. The third-order valence-corrected chi connectivity index (χ3v) is 5.19. The highest BCUT2D eigenvalue weighted by Crippen LogP contribution is 2.26. The van der Waals surface area contributed by atoms with E-state index < -0.39 is 0 Å². The molecular weight excluding hydrogens is 282 g/mol. The van der Waals surface area contributed by atoms with E-state index in [-0.39, 0.29) is 0 Å². The molecule has 0 saturated heterocycles. The first-order valence-corrected chi connectivity index (χ1v) is 8.16. The summed E-state index contributed by atoms with van der Waals surface area (Å²) in [6.07, 6.45) is 0. The molecule has 0 saturated carbocycles. The van der Waals surface area contributed by atoms with E-state index in [0.717, 1.165) is 22.2 Å². The molecule has 1 aromatic heterocycles. The maximum absolute atomic E-state index is 6.11. The van der Waals surface area contributed by atoms with Crippen LogP contribution in [0.15, 0.2) is 46.7 Å². The quantitative estimate of drug-likeness (QED) is 0.604. The molecule has 2 rings (SSSR count). The molecule has 0 radical (unpaired) electrons.